The molecule has 1 aromatic heterocycles. The second kappa shape index (κ2) is 5.95. The van der Waals surface area contributed by atoms with Gasteiger partial charge in [0, 0.05) is 22.1 Å². The molecule has 0 bridgehead atoms. The first-order valence-electron chi connectivity index (χ1n) is 6.96. The van der Waals surface area contributed by atoms with Gasteiger partial charge >= 0.3 is 0 Å². The van der Waals surface area contributed by atoms with E-state index in [1.54, 1.807) is 0 Å². The Kier molecular flexibility index (Phi) is 4.20. The van der Waals surface area contributed by atoms with Crippen molar-refractivity contribution in [2.75, 3.05) is 11.9 Å². The maximum absolute atomic E-state index is 6.17. The summed E-state index contributed by atoms with van der Waals surface area (Å²) < 4.78 is 0. The number of benzene rings is 1. The number of aryl methyl sites for hydroxylation is 1. The van der Waals surface area contributed by atoms with Crippen LogP contribution in [0.1, 0.15) is 29.0 Å². The Balaban J connectivity index is 1.75. The van der Waals surface area contributed by atoms with Crippen molar-refractivity contribution in [3.63, 3.8) is 0 Å². The van der Waals surface area contributed by atoms with Gasteiger partial charge in [-0.1, -0.05) is 17.7 Å². The van der Waals surface area contributed by atoms with E-state index in [4.69, 9.17) is 23.8 Å². The van der Waals surface area contributed by atoms with Crippen LogP contribution in [0.2, 0.25) is 5.02 Å². The molecule has 2 heterocycles. The minimum atomic E-state index is 0.320. The number of hydrogen-bond acceptors (Lipinski definition) is 2. The number of rotatable bonds is 1. The summed E-state index contributed by atoms with van der Waals surface area (Å²) in [6.45, 7) is 5.16. The number of nitrogens with zero attached hydrogens (tertiary/aromatic N) is 1. The van der Waals surface area contributed by atoms with Crippen molar-refractivity contribution in [1.82, 2.24) is 4.90 Å². The highest BCUT2D eigenvalue weighted by atomic mass is 35.5. The van der Waals surface area contributed by atoms with Crippen LogP contribution in [-0.4, -0.2) is 16.6 Å². The van der Waals surface area contributed by atoms with Gasteiger partial charge in [-0.15, -0.1) is 11.3 Å². The summed E-state index contributed by atoms with van der Waals surface area (Å²) in [6.07, 6.45) is 1.06. The molecule has 2 aromatic rings. The SMILES string of the molecule is Cc1ccc(NC(=S)N2CCc3sccc3[C@@H]2C)cc1Cl. The van der Waals surface area contributed by atoms with Gasteiger partial charge in [-0.05, 0) is 67.2 Å². The maximum Gasteiger partial charge on any atom is 0.173 e. The smallest absolute Gasteiger partial charge is 0.173 e. The predicted octanol–water partition coefficient (Wildman–Crippen LogP) is 5.03. The molecule has 2 nitrogen and oxygen atoms in total. The molecule has 0 fully saturated rings. The van der Waals surface area contributed by atoms with Gasteiger partial charge in [-0.25, -0.2) is 0 Å². The summed E-state index contributed by atoms with van der Waals surface area (Å²) in [6, 6.07) is 8.47. The molecule has 110 valence electrons. The first-order chi connectivity index (χ1) is 10.1. The quantitative estimate of drug-likeness (QED) is 0.735. The van der Waals surface area contributed by atoms with E-state index in [0.717, 1.165) is 34.4 Å². The third-order valence-electron chi connectivity index (χ3n) is 3.96. The molecule has 0 aliphatic carbocycles. The summed E-state index contributed by atoms with van der Waals surface area (Å²) in [7, 11) is 0. The van der Waals surface area contributed by atoms with E-state index in [2.05, 4.69) is 28.6 Å². The lowest BCUT2D eigenvalue weighted by atomic mass is 10.0. The topological polar surface area (TPSA) is 15.3 Å². The minimum absolute atomic E-state index is 0.320. The van der Waals surface area contributed by atoms with E-state index in [1.165, 1.54) is 10.4 Å². The highest BCUT2D eigenvalue weighted by molar-refractivity contribution is 7.80. The monoisotopic (exact) mass is 336 g/mol. The van der Waals surface area contributed by atoms with Gasteiger partial charge in [0.15, 0.2) is 5.11 Å². The average Bonchev–Trinajstić information content (AvgIpc) is 2.92. The van der Waals surface area contributed by atoms with Crippen LogP contribution in [0.25, 0.3) is 0 Å². The lowest BCUT2D eigenvalue weighted by molar-refractivity contribution is 0.326. The zero-order valence-corrected chi connectivity index (χ0v) is 14.4. The fourth-order valence-electron chi connectivity index (χ4n) is 2.65. The fourth-order valence-corrected chi connectivity index (χ4v) is 4.16. The summed E-state index contributed by atoms with van der Waals surface area (Å²) in [5.41, 5.74) is 3.42. The van der Waals surface area contributed by atoms with Crippen molar-refractivity contribution in [3.05, 3.63) is 50.7 Å². The summed E-state index contributed by atoms with van der Waals surface area (Å²) in [4.78, 5) is 3.73. The molecule has 1 aromatic carbocycles. The van der Waals surface area contributed by atoms with Crippen molar-refractivity contribution in [1.29, 1.82) is 0 Å². The Morgan fingerprint density at radius 1 is 1.43 bits per heavy atom. The first-order valence-corrected chi connectivity index (χ1v) is 8.63. The van der Waals surface area contributed by atoms with E-state index < -0.39 is 0 Å². The van der Waals surface area contributed by atoms with Crippen LogP contribution >= 0.6 is 35.2 Å². The van der Waals surface area contributed by atoms with Crippen LogP contribution in [0.3, 0.4) is 0 Å². The Bertz CT molecular complexity index is 681. The average molecular weight is 337 g/mol. The Labute approximate surface area is 139 Å². The fraction of sp³-hybridized carbons (Fsp3) is 0.312. The molecule has 0 saturated heterocycles. The molecule has 0 radical (unpaired) electrons. The summed E-state index contributed by atoms with van der Waals surface area (Å²) in [5, 5.41) is 7.00. The van der Waals surface area contributed by atoms with Gasteiger partial charge in [0.05, 0.1) is 6.04 Å². The lowest BCUT2D eigenvalue weighted by Gasteiger charge is -2.35. The van der Waals surface area contributed by atoms with E-state index in [-0.39, 0.29) is 0 Å². The molecular formula is C16H17ClN2S2. The van der Waals surface area contributed by atoms with Crippen molar-refractivity contribution in [2.45, 2.75) is 26.3 Å². The number of nitrogens with one attached hydrogen (secondary N) is 1. The Hall–Kier alpha value is -1.10. The number of thiophene rings is 1. The normalized spacial score (nSPS) is 17.5. The number of anilines is 1. The molecule has 1 aliphatic heterocycles. The molecule has 21 heavy (non-hydrogen) atoms. The van der Waals surface area contributed by atoms with Crippen LogP contribution in [0, 0.1) is 6.92 Å². The van der Waals surface area contributed by atoms with Gasteiger partial charge in [-0.3, -0.25) is 0 Å². The molecule has 0 spiro atoms. The number of fused-ring (bicyclic) bond motifs is 1. The van der Waals surface area contributed by atoms with Gasteiger partial charge in [0.1, 0.15) is 0 Å². The lowest BCUT2D eigenvalue weighted by Crippen LogP contribution is -2.40. The third-order valence-corrected chi connectivity index (χ3v) is 5.70. The molecular weight excluding hydrogens is 320 g/mol. The molecule has 0 amide bonds. The van der Waals surface area contributed by atoms with Gasteiger partial charge < -0.3 is 10.2 Å². The molecule has 1 aliphatic rings. The Morgan fingerprint density at radius 3 is 3.00 bits per heavy atom. The highest BCUT2D eigenvalue weighted by Crippen LogP contribution is 2.33. The predicted molar refractivity (Wildman–Crippen MR) is 95.6 cm³/mol. The number of halogens is 1. The van der Waals surface area contributed by atoms with E-state index in [1.807, 2.05) is 36.5 Å². The van der Waals surface area contributed by atoms with E-state index in [9.17, 15) is 0 Å². The van der Waals surface area contributed by atoms with Crippen LogP contribution in [0.5, 0.6) is 0 Å². The van der Waals surface area contributed by atoms with E-state index in [0.29, 0.717) is 6.04 Å². The summed E-state index contributed by atoms with van der Waals surface area (Å²) >= 11 is 13.6. The molecule has 0 unspecified atom stereocenters. The largest absolute Gasteiger partial charge is 0.342 e. The second-order valence-corrected chi connectivity index (χ2v) is 7.11. The van der Waals surface area contributed by atoms with Crippen molar-refractivity contribution in [3.8, 4) is 0 Å². The van der Waals surface area contributed by atoms with Gasteiger partial charge in [0.25, 0.3) is 0 Å². The maximum atomic E-state index is 6.17. The van der Waals surface area contributed by atoms with Crippen molar-refractivity contribution in [2.24, 2.45) is 0 Å². The first kappa shape index (κ1) is 14.8. The molecule has 5 heteroatoms. The zero-order valence-electron chi connectivity index (χ0n) is 12.0. The van der Waals surface area contributed by atoms with Crippen LogP contribution in [0.15, 0.2) is 29.6 Å². The minimum Gasteiger partial charge on any atom is -0.342 e. The van der Waals surface area contributed by atoms with Crippen LogP contribution < -0.4 is 5.32 Å². The molecule has 1 N–H and O–H groups in total. The molecule has 3 rings (SSSR count). The molecule has 1 atom stereocenters. The Morgan fingerprint density at radius 2 is 2.24 bits per heavy atom. The molecule has 0 saturated carbocycles. The van der Waals surface area contributed by atoms with Crippen molar-refractivity contribution >= 4 is 46.0 Å². The van der Waals surface area contributed by atoms with E-state index >= 15 is 0 Å². The van der Waals surface area contributed by atoms with Crippen LogP contribution in [0.4, 0.5) is 5.69 Å². The zero-order chi connectivity index (χ0) is 15.0. The number of thiocarbonyl (C=S) groups is 1. The van der Waals surface area contributed by atoms with Gasteiger partial charge in [0.2, 0.25) is 0 Å². The van der Waals surface area contributed by atoms with Gasteiger partial charge in [-0.2, -0.15) is 0 Å². The standard InChI is InChI=1S/C16H17ClN2S2/c1-10-3-4-12(9-14(10)17)18-16(20)19-7-5-15-13(11(19)2)6-8-21-15/h3-4,6,8-9,11H,5,7H2,1-2H3,(H,18,20)/t11-/m0/s1. The summed E-state index contributed by atoms with van der Waals surface area (Å²) in [5.74, 6) is 0. The highest BCUT2D eigenvalue weighted by Gasteiger charge is 2.26. The van der Waals surface area contributed by atoms with Crippen molar-refractivity contribution < 1.29 is 0 Å². The second-order valence-electron chi connectivity index (χ2n) is 5.31. The third kappa shape index (κ3) is 2.93. The number of hydrogen-bond donors (Lipinski definition) is 1. The van der Waals surface area contributed by atoms with Crippen LogP contribution in [-0.2, 0) is 6.42 Å².